The molecule has 0 spiro atoms. The summed E-state index contributed by atoms with van der Waals surface area (Å²) < 4.78 is 0. The first-order valence-corrected chi connectivity index (χ1v) is 7.05. The van der Waals surface area contributed by atoms with Gasteiger partial charge in [-0.1, -0.05) is 13.0 Å². The quantitative estimate of drug-likeness (QED) is 0.667. The monoisotopic (exact) mass is 268 g/mol. The van der Waals surface area contributed by atoms with E-state index in [2.05, 4.69) is 0 Å². The summed E-state index contributed by atoms with van der Waals surface area (Å²) in [6, 6.07) is 0. The number of fused-ring (bicyclic) bond motifs is 1. The van der Waals surface area contributed by atoms with Crippen molar-refractivity contribution in [2.75, 3.05) is 0 Å². The van der Waals surface area contributed by atoms with Gasteiger partial charge >= 0.3 is 5.97 Å². The molecule has 2 aliphatic carbocycles. The van der Waals surface area contributed by atoms with Crippen molar-refractivity contribution < 1.29 is 20.1 Å². The zero-order valence-electron chi connectivity index (χ0n) is 11.8. The van der Waals surface area contributed by atoms with Crippen molar-refractivity contribution in [3.05, 3.63) is 11.6 Å². The van der Waals surface area contributed by atoms with Crippen LogP contribution in [0.3, 0.4) is 0 Å². The van der Waals surface area contributed by atoms with E-state index in [1.165, 1.54) is 0 Å². The number of carboxylic acids is 1. The van der Waals surface area contributed by atoms with Gasteiger partial charge in [-0.05, 0) is 56.4 Å². The third kappa shape index (κ3) is 2.56. The van der Waals surface area contributed by atoms with E-state index in [-0.39, 0.29) is 17.8 Å². The second-order valence-electron chi connectivity index (χ2n) is 6.53. The molecule has 0 aliphatic heterocycles. The lowest BCUT2D eigenvalue weighted by Gasteiger charge is -2.50. The fourth-order valence-electron chi connectivity index (χ4n) is 3.81. The molecule has 6 atom stereocenters. The molecule has 4 nitrogen and oxygen atoms in total. The van der Waals surface area contributed by atoms with E-state index in [0.29, 0.717) is 12.8 Å². The summed E-state index contributed by atoms with van der Waals surface area (Å²) in [5.41, 5.74) is 0.0962. The summed E-state index contributed by atoms with van der Waals surface area (Å²) in [4.78, 5) is 11.2. The number of aliphatic hydroxyl groups excluding tert-OH is 1. The number of aliphatic hydroxyl groups is 2. The number of carboxylic acid groups (broad SMARTS) is 1. The highest BCUT2D eigenvalue weighted by atomic mass is 16.4. The van der Waals surface area contributed by atoms with Crippen LogP contribution in [0.15, 0.2) is 11.6 Å². The van der Waals surface area contributed by atoms with E-state index < -0.39 is 23.6 Å². The minimum atomic E-state index is -0.808. The molecule has 2 aliphatic rings. The van der Waals surface area contributed by atoms with Crippen molar-refractivity contribution in [1.29, 1.82) is 0 Å². The van der Waals surface area contributed by atoms with Crippen LogP contribution in [0.1, 0.15) is 40.0 Å². The fourth-order valence-corrected chi connectivity index (χ4v) is 3.81. The summed E-state index contributed by atoms with van der Waals surface area (Å²) in [5.74, 6) is -1.14. The average molecular weight is 268 g/mol. The first-order valence-electron chi connectivity index (χ1n) is 7.05. The van der Waals surface area contributed by atoms with Crippen LogP contribution >= 0.6 is 0 Å². The highest BCUT2D eigenvalue weighted by Crippen LogP contribution is 2.49. The molecule has 19 heavy (non-hydrogen) atoms. The van der Waals surface area contributed by atoms with Crippen LogP contribution in [0.4, 0.5) is 0 Å². The van der Waals surface area contributed by atoms with Gasteiger partial charge < -0.3 is 15.3 Å². The highest BCUT2D eigenvalue weighted by molar-refractivity contribution is 5.70. The van der Waals surface area contributed by atoms with Crippen molar-refractivity contribution in [3.8, 4) is 0 Å². The Hall–Kier alpha value is -0.870. The molecule has 2 rings (SSSR count). The van der Waals surface area contributed by atoms with E-state index in [9.17, 15) is 20.1 Å². The minimum absolute atomic E-state index is 0.0465. The maximum atomic E-state index is 11.2. The Bertz CT molecular complexity index is 399. The molecule has 1 saturated carbocycles. The molecule has 108 valence electrons. The zero-order valence-corrected chi connectivity index (χ0v) is 11.8. The Morgan fingerprint density at radius 2 is 2.16 bits per heavy atom. The van der Waals surface area contributed by atoms with Crippen molar-refractivity contribution in [1.82, 2.24) is 0 Å². The van der Waals surface area contributed by atoms with E-state index in [1.54, 1.807) is 6.92 Å². The maximum Gasteiger partial charge on any atom is 0.306 e. The smallest absolute Gasteiger partial charge is 0.306 e. The largest absolute Gasteiger partial charge is 0.481 e. The van der Waals surface area contributed by atoms with E-state index in [1.807, 2.05) is 19.9 Å². The van der Waals surface area contributed by atoms with Crippen molar-refractivity contribution >= 4 is 5.97 Å². The van der Waals surface area contributed by atoms with E-state index in [4.69, 9.17) is 0 Å². The number of aliphatic carboxylic acids is 1. The van der Waals surface area contributed by atoms with Gasteiger partial charge in [-0.15, -0.1) is 0 Å². The molecule has 0 aromatic rings. The van der Waals surface area contributed by atoms with E-state index in [0.717, 1.165) is 12.0 Å². The van der Waals surface area contributed by atoms with Gasteiger partial charge in [0.05, 0.1) is 17.6 Å². The molecule has 0 radical (unpaired) electrons. The Labute approximate surface area is 114 Å². The van der Waals surface area contributed by atoms with Gasteiger partial charge in [-0.25, -0.2) is 0 Å². The van der Waals surface area contributed by atoms with Gasteiger partial charge in [0.1, 0.15) is 0 Å². The lowest BCUT2D eigenvalue weighted by atomic mass is 9.58. The normalized spacial score (nSPS) is 44.2. The van der Waals surface area contributed by atoms with Crippen LogP contribution in [0.2, 0.25) is 0 Å². The number of hydrogen-bond acceptors (Lipinski definition) is 3. The summed E-state index contributed by atoms with van der Waals surface area (Å²) in [7, 11) is 0. The predicted molar refractivity (Wildman–Crippen MR) is 71.5 cm³/mol. The molecule has 0 aromatic carbocycles. The number of carbonyl (C=O) groups is 1. The van der Waals surface area contributed by atoms with Gasteiger partial charge in [0.2, 0.25) is 0 Å². The topological polar surface area (TPSA) is 77.8 Å². The Morgan fingerprint density at radius 3 is 2.74 bits per heavy atom. The van der Waals surface area contributed by atoms with Crippen LogP contribution in [-0.2, 0) is 4.79 Å². The van der Waals surface area contributed by atoms with Gasteiger partial charge in [0, 0.05) is 0 Å². The summed E-state index contributed by atoms with van der Waals surface area (Å²) >= 11 is 0. The molecule has 1 fully saturated rings. The number of hydrogen-bond donors (Lipinski definition) is 3. The van der Waals surface area contributed by atoms with E-state index >= 15 is 0 Å². The van der Waals surface area contributed by atoms with Gasteiger partial charge in [-0.2, -0.15) is 0 Å². The number of rotatable bonds is 2. The van der Waals surface area contributed by atoms with Crippen molar-refractivity contribution in [3.63, 3.8) is 0 Å². The van der Waals surface area contributed by atoms with Crippen LogP contribution in [0.5, 0.6) is 0 Å². The predicted octanol–water partition coefficient (Wildman–Crippen LogP) is 1.81. The van der Waals surface area contributed by atoms with Crippen LogP contribution in [-0.4, -0.2) is 33.0 Å². The summed E-state index contributed by atoms with van der Waals surface area (Å²) in [6.45, 7) is 5.44. The second-order valence-corrected chi connectivity index (χ2v) is 6.53. The summed E-state index contributed by atoms with van der Waals surface area (Å²) in [6.07, 6.45) is 3.35. The standard InChI is InChI=1S/C15H24O4/c1-8-6-11-10(9(2)14(17)18)4-5-15(3,19)12(11)7-13(8)16/h6,9-13,16,19H,4-5,7H2,1-3H3,(H,17,18). The lowest BCUT2D eigenvalue weighted by molar-refractivity contribution is -0.148. The average Bonchev–Trinajstić information content (AvgIpc) is 2.31. The van der Waals surface area contributed by atoms with Crippen molar-refractivity contribution in [2.45, 2.75) is 51.7 Å². The molecule has 3 N–H and O–H groups in total. The van der Waals surface area contributed by atoms with Gasteiger partial charge in [0.15, 0.2) is 0 Å². The Balaban J connectivity index is 2.33. The second kappa shape index (κ2) is 4.91. The molecule has 4 heteroatoms. The Morgan fingerprint density at radius 1 is 1.53 bits per heavy atom. The highest BCUT2D eigenvalue weighted by Gasteiger charge is 2.49. The Kier molecular flexibility index (Phi) is 3.76. The minimum Gasteiger partial charge on any atom is -0.481 e. The number of allylic oxidation sites excluding steroid dienone is 1. The maximum absolute atomic E-state index is 11.2. The molecule has 0 bridgehead atoms. The fraction of sp³-hybridized carbons (Fsp3) is 0.800. The third-order valence-electron chi connectivity index (χ3n) is 5.23. The van der Waals surface area contributed by atoms with Crippen molar-refractivity contribution in [2.24, 2.45) is 23.7 Å². The SMILES string of the molecule is CC1=CC2C(C(C)C(=O)O)CCC(C)(O)C2CC1O. The third-order valence-corrected chi connectivity index (χ3v) is 5.23. The van der Waals surface area contributed by atoms with Crippen LogP contribution in [0.25, 0.3) is 0 Å². The first-order chi connectivity index (χ1) is 8.74. The molecular formula is C15H24O4. The van der Waals surface area contributed by atoms with Gasteiger partial charge in [-0.3, -0.25) is 4.79 Å². The molecule has 0 amide bonds. The van der Waals surface area contributed by atoms with Crippen LogP contribution < -0.4 is 0 Å². The van der Waals surface area contributed by atoms with Crippen LogP contribution in [0, 0.1) is 23.7 Å². The van der Waals surface area contributed by atoms with Gasteiger partial charge in [0.25, 0.3) is 0 Å². The lowest BCUT2D eigenvalue weighted by Crippen LogP contribution is -2.51. The molecule has 0 heterocycles. The molecular weight excluding hydrogens is 244 g/mol. The zero-order chi connectivity index (χ0) is 14.4. The molecule has 0 saturated heterocycles. The first kappa shape index (κ1) is 14.5. The molecule has 0 aromatic heterocycles. The summed E-state index contributed by atoms with van der Waals surface area (Å²) in [5, 5.41) is 29.8. The molecule has 6 unspecified atom stereocenters.